The minimum Gasteiger partial charge on any atom is -0.308 e. The Hall–Kier alpha value is -0.380. The zero-order chi connectivity index (χ0) is 12.3. The maximum Gasteiger partial charge on any atom is 0.156 e. The molecule has 0 radical (unpaired) electrons. The van der Waals surface area contributed by atoms with Crippen molar-refractivity contribution in [3.63, 3.8) is 0 Å². The number of hydrogen-bond acceptors (Lipinski definition) is 2. The topological polar surface area (TPSA) is 29.1 Å². The van der Waals surface area contributed by atoms with Gasteiger partial charge in [-0.3, -0.25) is 4.79 Å². The summed E-state index contributed by atoms with van der Waals surface area (Å²) in [6, 6.07) is 5.56. The van der Waals surface area contributed by atoms with Crippen LogP contribution in [0.15, 0.2) is 22.7 Å². The molecule has 0 saturated carbocycles. The minimum atomic E-state index is -0.517. The molecule has 4 heteroatoms. The van der Waals surface area contributed by atoms with E-state index in [0.29, 0.717) is 11.4 Å². The average molecular weight is 305 g/mol. The number of carbonyl (C=O) groups excluding carboxylic acids is 1. The highest BCUT2D eigenvalue weighted by molar-refractivity contribution is 9.10. The van der Waals surface area contributed by atoms with E-state index in [9.17, 15) is 4.79 Å². The van der Waals surface area contributed by atoms with Crippen LogP contribution < -0.4 is 5.32 Å². The molecule has 0 fully saturated rings. The smallest absolute Gasteiger partial charge is 0.156 e. The van der Waals surface area contributed by atoms with Gasteiger partial charge in [-0.2, -0.15) is 0 Å². The maximum atomic E-state index is 12.0. The van der Waals surface area contributed by atoms with Crippen molar-refractivity contribution >= 4 is 33.3 Å². The van der Waals surface area contributed by atoms with Crippen molar-refractivity contribution in [1.82, 2.24) is 5.32 Å². The summed E-state index contributed by atoms with van der Waals surface area (Å²) in [5, 5.41) is 3.61. The Balaban J connectivity index is 2.85. The van der Waals surface area contributed by atoms with Crippen molar-refractivity contribution in [2.24, 2.45) is 0 Å². The van der Waals surface area contributed by atoms with Gasteiger partial charge in [-0.1, -0.05) is 33.6 Å². The summed E-state index contributed by atoms with van der Waals surface area (Å²) in [5.41, 5.74) is 0.342. The molecule has 88 valence electrons. The van der Waals surface area contributed by atoms with E-state index in [1.165, 1.54) is 0 Å². The monoisotopic (exact) mass is 303 g/mol. The van der Waals surface area contributed by atoms with Gasteiger partial charge >= 0.3 is 0 Å². The molecule has 0 aliphatic rings. The molecule has 0 aliphatic heterocycles. The summed E-state index contributed by atoms with van der Waals surface area (Å²) in [7, 11) is 1.78. The quantitative estimate of drug-likeness (QED) is 0.925. The Morgan fingerprint density at radius 1 is 1.50 bits per heavy atom. The third-order valence-corrected chi connectivity index (χ3v) is 3.53. The summed E-state index contributed by atoms with van der Waals surface area (Å²) < 4.78 is 0.918. The number of nitrogens with one attached hydrogen (secondary N) is 1. The van der Waals surface area contributed by atoms with Crippen LogP contribution in [-0.2, 0) is 11.2 Å². The van der Waals surface area contributed by atoms with E-state index in [0.717, 1.165) is 10.0 Å². The van der Waals surface area contributed by atoms with Crippen LogP contribution in [0.4, 0.5) is 0 Å². The highest BCUT2D eigenvalue weighted by atomic mass is 79.9. The second-order valence-corrected chi connectivity index (χ2v) is 5.53. The third-order valence-electron chi connectivity index (χ3n) is 2.69. The van der Waals surface area contributed by atoms with E-state index in [1.54, 1.807) is 13.1 Å². The first-order valence-electron chi connectivity index (χ1n) is 5.03. The maximum absolute atomic E-state index is 12.0. The fraction of sp³-hybridized carbons (Fsp3) is 0.417. The van der Waals surface area contributed by atoms with Crippen LogP contribution >= 0.6 is 27.5 Å². The first kappa shape index (κ1) is 13.7. The molecule has 0 aromatic heterocycles. The van der Waals surface area contributed by atoms with Crippen LogP contribution in [0, 0.1) is 0 Å². The van der Waals surface area contributed by atoms with E-state index >= 15 is 0 Å². The van der Waals surface area contributed by atoms with Crippen LogP contribution in [0.5, 0.6) is 0 Å². The van der Waals surface area contributed by atoms with E-state index in [1.807, 2.05) is 26.0 Å². The number of carbonyl (C=O) groups is 1. The van der Waals surface area contributed by atoms with Crippen LogP contribution in [-0.4, -0.2) is 18.4 Å². The Labute approximate surface area is 110 Å². The largest absolute Gasteiger partial charge is 0.308 e. The van der Waals surface area contributed by atoms with Gasteiger partial charge in [0, 0.05) is 15.9 Å². The number of halogens is 2. The van der Waals surface area contributed by atoms with Crippen LogP contribution in [0.1, 0.15) is 19.4 Å². The fourth-order valence-electron chi connectivity index (χ4n) is 1.20. The van der Waals surface area contributed by atoms with Crippen molar-refractivity contribution in [3.8, 4) is 0 Å². The molecule has 0 bridgehead atoms. The van der Waals surface area contributed by atoms with Gasteiger partial charge in [0.15, 0.2) is 5.78 Å². The number of ketones is 1. The predicted molar refractivity (Wildman–Crippen MR) is 71.0 cm³/mol. The molecule has 16 heavy (non-hydrogen) atoms. The molecule has 2 nitrogen and oxygen atoms in total. The molecule has 0 aliphatic carbocycles. The second-order valence-electron chi connectivity index (χ2n) is 4.21. The summed E-state index contributed by atoms with van der Waals surface area (Å²) in [6.07, 6.45) is 0.347. The van der Waals surface area contributed by atoms with Gasteiger partial charge in [-0.05, 0) is 38.6 Å². The molecule has 1 aromatic rings. The molecule has 0 spiro atoms. The molecule has 0 saturated heterocycles. The van der Waals surface area contributed by atoms with E-state index in [4.69, 9.17) is 11.6 Å². The highest BCUT2D eigenvalue weighted by Gasteiger charge is 2.25. The lowest BCUT2D eigenvalue weighted by Gasteiger charge is -2.22. The second kappa shape index (κ2) is 5.30. The molecule has 1 aromatic carbocycles. The average Bonchev–Trinajstić information content (AvgIpc) is 2.22. The van der Waals surface area contributed by atoms with Gasteiger partial charge in [0.1, 0.15) is 0 Å². The van der Waals surface area contributed by atoms with Crippen molar-refractivity contribution in [3.05, 3.63) is 33.3 Å². The van der Waals surface area contributed by atoms with Crippen molar-refractivity contribution in [2.45, 2.75) is 25.8 Å². The van der Waals surface area contributed by atoms with Crippen LogP contribution in [0.25, 0.3) is 0 Å². The molecule has 1 rings (SSSR count). The Kier molecular flexibility index (Phi) is 4.53. The molecule has 0 amide bonds. The number of likely N-dealkylation sites (N-methyl/N-ethyl adjacent to an activating group) is 1. The standard InChI is InChI=1S/C12H15BrClNO/c1-12(2,15-3)11(16)6-8-4-5-9(13)7-10(8)14/h4-5,7,15H,6H2,1-3H3. The van der Waals surface area contributed by atoms with Gasteiger partial charge in [-0.25, -0.2) is 0 Å². The van der Waals surface area contributed by atoms with Crippen LogP contribution in [0.2, 0.25) is 5.02 Å². The third kappa shape index (κ3) is 3.30. The summed E-state index contributed by atoms with van der Waals surface area (Å²) >= 11 is 9.40. The molecule has 0 unspecified atom stereocenters. The molecule has 1 N–H and O–H groups in total. The Morgan fingerprint density at radius 3 is 2.62 bits per heavy atom. The Bertz CT molecular complexity index is 404. The predicted octanol–water partition coefficient (Wildman–Crippen LogP) is 3.21. The van der Waals surface area contributed by atoms with Crippen molar-refractivity contribution in [1.29, 1.82) is 0 Å². The number of hydrogen-bond donors (Lipinski definition) is 1. The Morgan fingerprint density at radius 2 is 2.12 bits per heavy atom. The zero-order valence-corrected chi connectivity index (χ0v) is 11.9. The lowest BCUT2D eigenvalue weighted by molar-refractivity contribution is -0.123. The summed E-state index contributed by atoms with van der Waals surface area (Å²) in [4.78, 5) is 12.0. The highest BCUT2D eigenvalue weighted by Crippen LogP contribution is 2.23. The zero-order valence-electron chi connectivity index (χ0n) is 9.60. The van der Waals surface area contributed by atoms with Gasteiger partial charge in [0.05, 0.1) is 5.54 Å². The van der Waals surface area contributed by atoms with Crippen molar-refractivity contribution in [2.75, 3.05) is 7.05 Å². The summed E-state index contributed by atoms with van der Waals surface area (Å²) in [6.45, 7) is 3.73. The lowest BCUT2D eigenvalue weighted by atomic mass is 9.94. The van der Waals surface area contributed by atoms with Gasteiger partial charge < -0.3 is 5.32 Å². The normalized spacial score (nSPS) is 11.6. The first-order valence-corrected chi connectivity index (χ1v) is 6.20. The van der Waals surface area contributed by atoms with Gasteiger partial charge in [0.2, 0.25) is 0 Å². The number of Topliss-reactive ketones (excluding diaryl/α,β-unsaturated/α-hetero) is 1. The van der Waals surface area contributed by atoms with E-state index in [-0.39, 0.29) is 5.78 Å². The lowest BCUT2D eigenvalue weighted by Crippen LogP contribution is -2.45. The molecular weight excluding hydrogens is 289 g/mol. The van der Waals surface area contributed by atoms with Crippen LogP contribution in [0.3, 0.4) is 0 Å². The SMILES string of the molecule is CNC(C)(C)C(=O)Cc1ccc(Br)cc1Cl. The minimum absolute atomic E-state index is 0.124. The van der Waals surface area contributed by atoms with E-state index in [2.05, 4.69) is 21.2 Å². The first-order chi connectivity index (χ1) is 7.36. The fourth-order valence-corrected chi connectivity index (χ4v) is 1.94. The van der Waals surface area contributed by atoms with Gasteiger partial charge in [0.25, 0.3) is 0 Å². The molecule has 0 atom stereocenters. The summed E-state index contributed by atoms with van der Waals surface area (Å²) in [5.74, 6) is 0.124. The van der Waals surface area contributed by atoms with E-state index < -0.39 is 5.54 Å². The van der Waals surface area contributed by atoms with Crippen molar-refractivity contribution < 1.29 is 4.79 Å². The number of rotatable bonds is 4. The molecule has 0 heterocycles. The van der Waals surface area contributed by atoms with Gasteiger partial charge in [-0.15, -0.1) is 0 Å². The molecular formula is C12H15BrClNO. The number of benzene rings is 1.